The van der Waals surface area contributed by atoms with Crippen molar-refractivity contribution in [1.82, 2.24) is 5.32 Å². The second-order valence-electron chi connectivity index (χ2n) is 12.3. The second-order valence-corrected chi connectivity index (χ2v) is 12.3. The molecule has 0 spiro atoms. The van der Waals surface area contributed by atoms with Crippen LogP contribution < -0.4 is 10.2 Å². The summed E-state index contributed by atoms with van der Waals surface area (Å²) in [5, 5.41) is 2.94. The van der Waals surface area contributed by atoms with Crippen LogP contribution in [0.25, 0.3) is 17.2 Å². The van der Waals surface area contributed by atoms with Crippen molar-refractivity contribution in [2.24, 2.45) is 0 Å². The largest absolute Gasteiger partial charge is 0.492 e. The third kappa shape index (κ3) is 5.14. The number of nitrogens with zero attached hydrogens (tertiary/aromatic N) is 1. The quantitative estimate of drug-likeness (QED) is 0.364. The Labute approximate surface area is 248 Å². The molecule has 6 rings (SSSR count). The van der Waals surface area contributed by atoms with Gasteiger partial charge in [-0.2, -0.15) is 0 Å². The molecule has 3 aromatic rings. The smallest absolute Gasteiger partial charge is 0.449 e. The topological polar surface area (TPSA) is 77.1 Å². The fourth-order valence-corrected chi connectivity index (χ4v) is 6.07. The Morgan fingerprint density at radius 3 is 2.21 bits per heavy atom. The molecule has 8 heteroatoms. The van der Waals surface area contributed by atoms with Gasteiger partial charge in [0, 0.05) is 31.6 Å². The van der Waals surface area contributed by atoms with Crippen LogP contribution in [0.4, 0.5) is 10.5 Å². The molecule has 1 saturated heterocycles. The van der Waals surface area contributed by atoms with Crippen molar-refractivity contribution >= 4 is 30.9 Å². The fraction of sp³-hybridized carbons (Fsp3) is 0.353. The lowest BCUT2D eigenvalue weighted by molar-refractivity contribution is -0.116. The highest BCUT2D eigenvalue weighted by atomic mass is 16.7. The zero-order valence-corrected chi connectivity index (χ0v) is 24.9. The average Bonchev–Trinajstić information content (AvgIpc) is 3.59. The number of rotatable bonds is 6. The number of ether oxygens (including phenoxy) is 1. The van der Waals surface area contributed by atoms with Crippen LogP contribution in [-0.4, -0.2) is 50.0 Å². The third-order valence-electron chi connectivity index (χ3n) is 9.07. The van der Waals surface area contributed by atoms with Crippen molar-refractivity contribution in [1.29, 1.82) is 0 Å². The van der Waals surface area contributed by atoms with E-state index < -0.39 is 24.4 Å². The minimum absolute atomic E-state index is 0.0118. The lowest BCUT2D eigenvalue weighted by Crippen LogP contribution is -2.41. The van der Waals surface area contributed by atoms with Crippen molar-refractivity contribution in [3.63, 3.8) is 0 Å². The van der Waals surface area contributed by atoms with E-state index in [1.165, 1.54) is 22.3 Å². The van der Waals surface area contributed by atoms with Gasteiger partial charge >= 0.3 is 13.2 Å². The van der Waals surface area contributed by atoms with Crippen molar-refractivity contribution in [2.75, 3.05) is 24.6 Å². The average molecular weight is 564 g/mol. The molecular weight excluding hydrogens is 527 g/mol. The highest BCUT2D eigenvalue weighted by Crippen LogP contribution is 2.44. The number of hydrogen-bond acceptors (Lipinski definition) is 5. The first-order valence-corrected chi connectivity index (χ1v) is 14.6. The van der Waals surface area contributed by atoms with Crippen LogP contribution in [0.3, 0.4) is 0 Å². The molecule has 7 nitrogen and oxygen atoms in total. The molecule has 3 aliphatic rings. The van der Waals surface area contributed by atoms with Crippen molar-refractivity contribution in [3.8, 4) is 11.1 Å². The molecule has 1 N–H and O–H groups in total. The Kier molecular flexibility index (Phi) is 7.23. The molecule has 0 atom stereocenters. The molecule has 2 heterocycles. The van der Waals surface area contributed by atoms with Gasteiger partial charge in [0.1, 0.15) is 6.61 Å². The van der Waals surface area contributed by atoms with E-state index in [1.807, 2.05) is 70.2 Å². The second kappa shape index (κ2) is 10.8. The molecule has 0 bridgehead atoms. The summed E-state index contributed by atoms with van der Waals surface area (Å²) in [7, 11) is -0.633. The van der Waals surface area contributed by atoms with Crippen molar-refractivity contribution in [3.05, 3.63) is 94.5 Å². The SMILES string of the molecule is CC(=O)N1CCc2cc(C=C(CNC(=O)OCC3c4ccccc4-c4ccccc43)B3OC(C)(C)C(C)(C)O3)ccc21. The maximum atomic E-state index is 13.0. The summed E-state index contributed by atoms with van der Waals surface area (Å²) >= 11 is 0. The van der Waals surface area contributed by atoms with Gasteiger partial charge in [-0.3, -0.25) is 4.79 Å². The highest BCUT2D eigenvalue weighted by molar-refractivity contribution is 6.56. The number of carbonyl (C=O) groups excluding carboxylic acids is 2. The Balaban J connectivity index is 1.19. The van der Waals surface area contributed by atoms with Gasteiger partial charge in [0.05, 0.1) is 11.2 Å². The van der Waals surface area contributed by atoms with Crippen LogP contribution in [0.15, 0.2) is 72.2 Å². The molecule has 0 aromatic heterocycles. The molecule has 2 amide bonds. The van der Waals surface area contributed by atoms with Gasteiger partial charge in [0.2, 0.25) is 5.91 Å². The maximum Gasteiger partial charge on any atom is 0.492 e. The van der Waals surface area contributed by atoms with Crippen LogP contribution in [0.5, 0.6) is 0 Å². The van der Waals surface area contributed by atoms with Gasteiger partial charge in [-0.15, -0.1) is 0 Å². The van der Waals surface area contributed by atoms with Crippen LogP contribution in [-0.2, 0) is 25.3 Å². The summed E-state index contributed by atoms with van der Waals surface area (Å²) in [5.74, 6) is 0.0319. The van der Waals surface area contributed by atoms with Crippen LogP contribution >= 0.6 is 0 Å². The minimum Gasteiger partial charge on any atom is -0.449 e. The summed E-state index contributed by atoms with van der Waals surface area (Å²) in [6, 6.07) is 22.6. The maximum absolute atomic E-state index is 13.0. The molecule has 1 aliphatic carbocycles. The summed E-state index contributed by atoms with van der Waals surface area (Å²) < 4.78 is 18.5. The molecule has 0 radical (unpaired) electrons. The molecular formula is C34H37BN2O5. The number of carbonyl (C=O) groups is 2. The number of anilines is 1. The number of benzene rings is 3. The first kappa shape index (κ1) is 28.3. The van der Waals surface area contributed by atoms with Crippen LogP contribution in [0, 0.1) is 0 Å². The highest BCUT2D eigenvalue weighted by Gasteiger charge is 2.52. The Morgan fingerprint density at radius 2 is 1.60 bits per heavy atom. The van der Waals surface area contributed by atoms with Crippen LogP contribution in [0.1, 0.15) is 62.8 Å². The van der Waals surface area contributed by atoms with E-state index >= 15 is 0 Å². The first-order chi connectivity index (χ1) is 20.0. The molecule has 42 heavy (non-hydrogen) atoms. The lowest BCUT2D eigenvalue weighted by Gasteiger charge is -2.32. The predicted molar refractivity (Wildman–Crippen MR) is 165 cm³/mol. The van der Waals surface area contributed by atoms with E-state index in [0.717, 1.165) is 28.7 Å². The summed E-state index contributed by atoms with van der Waals surface area (Å²) in [5.41, 5.74) is 7.48. The standard InChI is InChI=1S/C34H37BN2O5/c1-22(38)37-17-16-24-18-23(14-15-31(24)37)19-25(35-41-33(2,3)34(4,5)42-35)20-36-32(39)40-21-30-28-12-8-6-10-26(28)27-11-7-9-13-29(27)30/h6-15,18-19,30H,16-17,20-21H2,1-5H3,(H,36,39). The van der Waals surface area contributed by atoms with E-state index in [4.69, 9.17) is 14.0 Å². The normalized spacial score (nSPS) is 18.5. The Morgan fingerprint density at radius 1 is 0.976 bits per heavy atom. The van der Waals surface area contributed by atoms with E-state index in [9.17, 15) is 9.59 Å². The van der Waals surface area contributed by atoms with Gasteiger partial charge in [-0.05, 0) is 85.1 Å². The van der Waals surface area contributed by atoms with Gasteiger partial charge in [-0.1, -0.05) is 60.7 Å². The van der Waals surface area contributed by atoms with E-state index in [1.54, 1.807) is 11.8 Å². The molecule has 0 unspecified atom stereocenters. The predicted octanol–water partition coefficient (Wildman–Crippen LogP) is 6.15. The minimum atomic E-state index is -0.633. The molecule has 0 saturated carbocycles. The fourth-order valence-electron chi connectivity index (χ4n) is 6.07. The Bertz CT molecular complexity index is 1520. The molecule has 2 aliphatic heterocycles. The first-order valence-electron chi connectivity index (χ1n) is 14.6. The third-order valence-corrected chi connectivity index (χ3v) is 9.07. The molecule has 1 fully saturated rings. The van der Waals surface area contributed by atoms with Gasteiger partial charge in [0.15, 0.2) is 0 Å². The molecule has 3 aromatic carbocycles. The van der Waals surface area contributed by atoms with Gasteiger partial charge in [-0.25, -0.2) is 4.79 Å². The van der Waals surface area contributed by atoms with Gasteiger partial charge in [0.25, 0.3) is 0 Å². The molecule has 216 valence electrons. The summed E-state index contributed by atoms with van der Waals surface area (Å²) in [4.78, 5) is 26.8. The number of fused-ring (bicyclic) bond motifs is 4. The number of nitrogens with one attached hydrogen (secondary N) is 1. The van der Waals surface area contributed by atoms with E-state index in [-0.39, 0.29) is 25.0 Å². The number of amides is 2. The zero-order chi connectivity index (χ0) is 29.6. The summed E-state index contributed by atoms with van der Waals surface area (Å²) in [6.07, 6.45) is 2.31. The van der Waals surface area contributed by atoms with Crippen molar-refractivity contribution in [2.45, 2.75) is 58.2 Å². The number of alkyl carbamates (subject to hydrolysis) is 1. The van der Waals surface area contributed by atoms with E-state index in [0.29, 0.717) is 6.54 Å². The van der Waals surface area contributed by atoms with Gasteiger partial charge < -0.3 is 24.3 Å². The number of hydrogen-bond donors (Lipinski definition) is 1. The van der Waals surface area contributed by atoms with Crippen molar-refractivity contribution < 1.29 is 23.6 Å². The van der Waals surface area contributed by atoms with Crippen LogP contribution in [0.2, 0.25) is 0 Å². The zero-order valence-electron chi connectivity index (χ0n) is 24.9. The Hall–Kier alpha value is -3.88. The van der Waals surface area contributed by atoms with E-state index in [2.05, 4.69) is 35.6 Å². The lowest BCUT2D eigenvalue weighted by atomic mass is 9.77. The summed E-state index contributed by atoms with van der Waals surface area (Å²) in [6.45, 7) is 10.8. The monoisotopic (exact) mass is 564 g/mol.